The Morgan fingerprint density at radius 2 is 1.86 bits per heavy atom. The van der Waals surface area contributed by atoms with E-state index in [9.17, 15) is 0 Å². The normalized spacial score (nSPS) is 23.6. The molecule has 0 aliphatic carbocycles. The number of ether oxygens (including phenoxy) is 1. The second-order valence-electron chi connectivity index (χ2n) is 5.42. The lowest BCUT2D eigenvalue weighted by atomic mass is 10.0. The van der Waals surface area contributed by atoms with Gasteiger partial charge in [-0.1, -0.05) is 29.8 Å². The molecule has 1 fully saturated rings. The van der Waals surface area contributed by atoms with Crippen molar-refractivity contribution in [3.63, 3.8) is 0 Å². The molecule has 6 N–H and O–H groups in total. The highest BCUT2D eigenvalue weighted by atomic mass is 35.5. The van der Waals surface area contributed by atoms with Gasteiger partial charge in [0.2, 0.25) is 0 Å². The maximum atomic E-state index is 6.36. The number of rotatable bonds is 2. The fourth-order valence-electron chi connectivity index (χ4n) is 2.97. The van der Waals surface area contributed by atoms with Crippen LogP contribution in [0, 0.1) is 0 Å². The topological polar surface area (TPSA) is 103 Å². The van der Waals surface area contributed by atoms with Gasteiger partial charge in [0.05, 0.1) is 11.4 Å². The van der Waals surface area contributed by atoms with E-state index in [0.717, 1.165) is 24.1 Å². The summed E-state index contributed by atoms with van der Waals surface area (Å²) >= 11 is 6.36. The number of hydrogen-bond donors (Lipinski definition) is 3. The first kappa shape index (κ1) is 15.1. The fourth-order valence-corrected chi connectivity index (χ4v) is 3.19. The predicted molar refractivity (Wildman–Crippen MR) is 87.8 cm³/mol. The highest BCUT2D eigenvalue weighted by Gasteiger charge is 2.34. The van der Waals surface area contributed by atoms with Crippen LogP contribution in [0.25, 0.3) is 5.70 Å². The number of hydrogen-bond acceptors (Lipinski definition) is 6. The van der Waals surface area contributed by atoms with Crippen LogP contribution in [-0.4, -0.2) is 36.3 Å². The van der Waals surface area contributed by atoms with Crippen molar-refractivity contribution in [1.29, 1.82) is 0 Å². The molecule has 6 nitrogen and oxygen atoms in total. The summed E-state index contributed by atoms with van der Waals surface area (Å²) in [6.07, 6.45) is 1.16. The van der Waals surface area contributed by atoms with Gasteiger partial charge in [-0.2, -0.15) is 0 Å². The average Bonchev–Trinajstić information content (AvgIpc) is 2.52. The molecule has 2 heterocycles. The number of nitrogens with two attached hydrogens (primary N) is 3. The number of nitrogens with zero attached hydrogens (tertiary/aromatic N) is 2. The summed E-state index contributed by atoms with van der Waals surface area (Å²) in [7, 11) is 0. The highest BCUT2D eigenvalue weighted by molar-refractivity contribution is 6.32. The molecule has 0 radical (unpaired) electrons. The van der Waals surface area contributed by atoms with Crippen molar-refractivity contribution in [1.82, 2.24) is 4.90 Å². The third kappa shape index (κ3) is 2.65. The first-order valence-corrected chi connectivity index (χ1v) is 7.67. The standard InChI is InChI=1S/C15H20ClN5O/c16-11-4-2-1-3-10(11)13-12(17)14(18)20-15(19)21(13)9-5-7-22-8-6-9/h1-4,9,15H,5-8,17,19H2,(H2,18,20). The van der Waals surface area contributed by atoms with Crippen LogP contribution < -0.4 is 17.2 Å². The van der Waals surface area contributed by atoms with Gasteiger partial charge in [0, 0.05) is 29.8 Å². The number of halogens is 1. The van der Waals surface area contributed by atoms with E-state index in [1.807, 2.05) is 29.2 Å². The Labute approximate surface area is 134 Å². The van der Waals surface area contributed by atoms with Gasteiger partial charge < -0.3 is 21.1 Å². The number of aliphatic imine (C=N–C) groups is 1. The molecule has 2 aliphatic heterocycles. The van der Waals surface area contributed by atoms with Gasteiger partial charge in [-0.05, 0) is 18.9 Å². The van der Waals surface area contributed by atoms with Crippen LogP contribution in [0.15, 0.2) is 35.0 Å². The van der Waals surface area contributed by atoms with Crippen molar-refractivity contribution in [3.05, 3.63) is 40.5 Å². The Bertz CT molecular complexity index is 624. The summed E-state index contributed by atoms with van der Waals surface area (Å²) in [4.78, 5) is 6.28. The smallest absolute Gasteiger partial charge is 0.176 e. The van der Waals surface area contributed by atoms with Gasteiger partial charge in [-0.25, -0.2) is 4.99 Å². The second kappa shape index (κ2) is 6.16. The fraction of sp³-hybridized carbons (Fsp3) is 0.400. The molecule has 1 saturated heterocycles. The molecule has 1 aromatic carbocycles. The first-order valence-electron chi connectivity index (χ1n) is 7.29. The largest absolute Gasteiger partial charge is 0.394 e. The third-order valence-electron chi connectivity index (χ3n) is 4.06. The number of amidine groups is 1. The van der Waals surface area contributed by atoms with Gasteiger partial charge >= 0.3 is 0 Å². The summed E-state index contributed by atoms with van der Waals surface area (Å²) in [6.45, 7) is 1.39. The molecule has 118 valence electrons. The molecule has 2 aliphatic rings. The van der Waals surface area contributed by atoms with Crippen LogP contribution in [0.5, 0.6) is 0 Å². The van der Waals surface area contributed by atoms with Gasteiger partial charge in [0.1, 0.15) is 5.84 Å². The quantitative estimate of drug-likeness (QED) is 0.756. The Kier molecular flexibility index (Phi) is 4.24. The highest BCUT2D eigenvalue weighted by Crippen LogP contribution is 2.34. The molecule has 0 aromatic heterocycles. The van der Waals surface area contributed by atoms with E-state index in [-0.39, 0.29) is 11.9 Å². The van der Waals surface area contributed by atoms with Crippen molar-refractivity contribution in [2.45, 2.75) is 25.2 Å². The van der Waals surface area contributed by atoms with Gasteiger partial charge in [0.15, 0.2) is 6.29 Å². The van der Waals surface area contributed by atoms with Crippen LogP contribution in [0.4, 0.5) is 0 Å². The summed E-state index contributed by atoms with van der Waals surface area (Å²) in [5.74, 6) is 0.255. The SMILES string of the molecule is NC1=NC(N)N(C2CCOCC2)C(c2ccccc2Cl)=C1N. The van der Waals surface area contributed by atoms with Crippen LogP contribution in [0.3, 0.4) is 0 Å². The lowest BCUT2D eigenvalue weighted by Crippen LogP contribution is -2.52. The molecule has 1 atom stereocenters. The summed E-state index contributed by atoms with van der Waals surface area (Å²) in [5, 5.41) is 0.611. The molecule has 1 unspecified atom stereocenters. The molecule has 22 heavy (non-hydrogen) atoms. The molecule has 3 rings (SSSR count). The maximum absolute atomic E-state index is 6.36. The Morgan fingerprint density at radius 3 is 2.55 bits per heavy atom. The molecule has 0 saturated carbocycles. The minimum atomic E-state index is -0.568. The lowest BCUT2D eigenvalue weighted by molar-refractivity contribution is 0.0423. The van der Waals surface area contributed by atoms with E-state index in [2.05, 4.69) is 4.99 Å². The molecule has 7 heteroatoms. The van der Waals surface area contributed by atoms with Crippen LogP contribution in [0.1, 0.15) is 18.4 Å². The van der Waals surface area contributed by atoms with Crippen molar-refractivity contribution in [2.75, 3.05) is 13.2 Å². The van der Waals surface area contributed by atoms with E-state index < -0.39 is 6.29 Å². The summed E-state index contributed by atoms with van der Waals surface area (Å²) < 4.78 is 5.44. The van der Waals surface area contributed by atoms with E-state index in [0.29, 0.717) is 23.9 Å². The molecule has 0 bridgehead atoms. The van der Waals surface area contributed by atoms with Crippen molar-refractivity contribution >= 4 is 23.1 Å². The Balaban J connectivity index is 2.09. The van der Waals surface area contributed by atoms with Crippen LogP contribution in [0.2, 0.25) is 5.02 Å². The van der Waals surface area contributed by atoms with E-state index in [4.69, 9.17) is 33.5 Å². The lowest BCUT2D eigenvalue weighted by Gasteiger charge is -2.42. The van der Waals surface area contributed by atoms with E-state index in [1.165, 1.54) is 0 Å². The zero-order chi connectivity index (χ0) is 15.7. The first-order chi connectivity index (χ1) is 10.6. The second-order valence-corrected chi connectivity index (χ2v) is 5.83. The van der Waals surface area contributed by atoms with Crippen LogP contribution >= 0.6 is 11.6 Å². The van der Waals surface area contributed by atoms with Crippen molar-refractivity contribution in [3.8, 4) is 0 Å². The molecular weight excluding hydrogens is 302 g/mol. The zero-order valence-corrected chi connectivity index (χ0v) is 13.0. The van der Waals surface area contributed by atoms with E-state index in [1.54, 1.807) is 0 Å². The Morgan fingerprint density at radius 1 is 1.18 bits per heavy atom. The molecule has 0 spiro atoms. The predicted octanol–water partition coefficient (Wildman–Crippen LogP) is 1.06. The maximum Gasteiger partial charge on any atom is 0.176 e. The average molecular weight is 322 g/mol. The monoisotopic (exact) mass is 321 g/mol. The minimum Gasteiger partial charge on any atom is -0.394 e. The van der Waals surface area contributed by atoms with E-state index >= 15 is 0 Å². The minimum absolute atomic E-state index is 0.199. The van der Waals surface area contributed by atoms with Crippen LogP contribution in [-0.2, 0) is 4.74 Å². The number of benzene rings is 1. The van der Waals surface area contributed by atoms with Gasteiger partial charge in [0.25, 0.3) is 0 Å². The van der Waals surface area contributed by atoms with Crippen molar-refractivity contribution < 1.29 is 4.74 Å². The summed E-state index contributed by atoms with van der Waals surface area (Å²) in [5.41, 5.74) is 20.4. The Hall–Kier alpha value is -1.76. The molecule has 0 amide bonds. The third-order valence-corrected chi connectivity index (χ3v) is 4.39. The molecule has 1 aromatic rings. The van der Waals surface area contributed by atoms with Crippen molar-refractivity contribution in [2.24, 2.45) is 22.2 Å². The zero-order valence-electron chi connectivity index (χ0n) is 12.2. The van der Waals surface area contributed by atoms with Gasteiger partial charge in [-0.15, -0.1) is 0 Å². The van der Waals surface area contributed by atoms with Gasteiger partial charge in [-0.3, -0.25) is 5.73 Å². The summed E-state index contributed by atoms with van der Waals surface area (Å²) in [6, 6.07) is 7.73. The molecular formula is C15H20ClN5O.